The van der Waals surface area contributed by atoms with Gasteiger partial charge in [0, 0.05) is 0 Å². The summed E-state index contributed by atoms with van der Waals surface area (Å²) in [6, 6.07) is 0.840. The smallest absolute Gasteiger partial charge is 0.244 e. The molecule has 19 heavy (non-hydrogen) atoms. The van der Waals surface area contributed by atoms with Crippen LogP contribution in [0.4, 0.5) is 5.95 Å². The molecule has 0 aliphatic heterocycles. The lowest BCUT2D eigenvalue weighted by molar-refractivity contribution is -0.119. The van der Waals surface area contributed by atoms with Crippen LogP contribution in [0.15, 0.2) is 6.07 Å². The third-order valence-electron chi connectivity index (χ3n) is 2.55. The van der Waals surface area contributed by atoms with Crippen LogP contribution in [0, 0.1) is 5.41 Å². The highest BCUT2D eigenvalue weighted by Gasteiger charge is 2.28. The Hall–Kier alpha value is -1.89. The molecule has 7 heteroatoms. The van der Waals surface area contributed by atoms with Crippen molar-refractivity contribution in [3.63, 3.8) is 0 Å². The fourth-order valence-corrected chi connectivity index (χ4v) is 1.25. The quantitative estimate of drug-likeness (QED) is 0.838. The zero-order valence-corrected chi connectivity index (χ0v) is 11.9. The molecule has 1 heterocycles. The van der Waals surface area contributed by atoms with E-state index < -0.39 is 6.04 Å². The zero-order valence-electron chi connectivity index (χ0n) is 11.9. The van der Waals surface area contributed by atoms with Gasteiger partial charge in [0.05, 0.1) is 26.3 Å². The van der Waals surface area contributed by atoms with Gasteiger partial charge in [-0.25, -0.2) is 0 Å². The fraction of sp³-hybridized carbons (Fsp3) is 0.583. The Kier molecular flexibility index (Phi) is 4.66. The second-order valence-electron chi connectivity index (χ2n) is 5.11. The molecule has 1 rings (SSSR count). The number of hydrogen-bond acceptors (Lipinski definition) is 6. The van der Waals surface area contributed by atoms with Crippen LogP contribution in [0.1, 0.15) is 20.8 Å². The average Bonchev–Trinajstić information content (AvgIpc) is 2.36. The second kappa shape index (κ2) is 5.83. The van der Waals surface area contributed by atoms with Gasteiger partial charge in [-0.15, -0.1) is 0 Å². The van der Waals surface area contributed by atoms with Crippen molar-refractivity contribution in [2.75, 3.05) is 19.5 Å². The van der Waals surface area contributed by atoms with Crippen molar-refractivity contribution in [1.29, 1.82) is 0 Å². The van der Waals surface area contributed by atoms with Gasteiger partial charge >= 0.3 is 0 Å². The third-order valence-corrected chi connectivity index (χ3v) is 2.55. The van der Waals surface area contributed by atoms with Gasteiger partial charge in [-0.05, 0) is 5.41 Å². The molecule has 3 N–H and O–H groups in total. The highest BCUT2D eigenvalue weighted by molar-refractivity contribution is 5.93. The maximum absolute atomic E-state index is 12.0. The number of nitrogens with one attached hydrogen (secondary N) is 1. The van der Waals surface area contributed by atoms with Crippen LogP contribution in [0.25, 0.3) is 0 Å². The molecule has 0 unspecified atom stereocenters. The summed E-state index contributed by atoms with van der Waals surface area (Å²) in [5, 5.41) is 2.55. The Balaban J connectivity index is 2.90. The molecule has 0 saturated carbocycles. The van der Waals surface area contributed by atoms with Crippen molar-refractivity contribution < 1.29 is 14.3 Å². The Morgan fingerprint density at radius 2 is 1.74 bits per heavy atom. The van der Waals surface area contributed by atoms with Crippen molar-refractivity contribution in [3.8, 4) is 11.8 Å². The molecular formula is C12H20N4O3. The standard InChI is InChI=1S/C12H20N4O3/c1-12(2,3)9(13)10(17)16-11-14-7(18-4)6-8(15-11)19-5/h6,9H,13H2,1-5H3,(H,14,15,16,17)/t9-/m0/s1. The summed E-state index contributed by atoms with van der Waals surface area (Å²) in [5.41, 5.74) is 5.50. The average molecular weight is 268 g/mol. The minimum absolute atomic E-state index is 0.0981. The van der Waals surface area contributed by atoms with Gasteiger partial charge in [-0.3, -0.25) is 10.1 Å². The first-order valence-electron chi connectivity index (χ1n) is 5.81. The molecule has 1 aromatic rings. The highest BCUT2D eigenvalue weighted by Crippen LogP contribution is 2.20. The number of methoxy groups -OCH3 is 2. The number of amides is 1. The number of anilines is 1. The Bertz CT molecular complexity index is 435. The summed E-state index contributed by atoms with van der Waals surface area (Å²) in [6.07, 6.45) is 0. The summed E-state index contributed by atoms with van der Waals surface area (Å²) < 4.78 is 9.99. The van der Waals surface area contributed by atoms with Crippen molar-refractivity contribution in [1.82, 2.24) is 9.97 Å². The summed E-state index contributed by atoms with van der Waals surface area (Å²) in [5.74, 6) is 0.335. The molecule has 0 aliphatic carbocycles. The number of carbonyl (C=O) groups excluding carboxylic acids is 1. The van der Waals surface area contributed by atoms with E-state index in [9.17, 15) is 4.79 Å². The number of hydrogen-bond donors (Lipinski definition) is 2. The lowest BCUT2D eigenvalue weighted by Gasteiger charge is -2.25. The van der Waals surface area contributed by atoms with E-state index in [0.717, 1.165) is 0 Å². The lowest BCUT2D eigenvalue weighted by Crippen LogP contribution is -2.45. The van der Waals surface area contributed by atoms with E-state index in [4.69, 9.17) is 15.2 Å². The molecule has 7 nitrogen and oxygen atoms in total. The molecule has 0 radical (unpaired) electrons. The molecule has 1 aromatic heterocycles. The fourth-order valence-electron chi connectivity index (χ4n) is 1.25. The molecule has 0 spiro atoms. The molecule has 1 amide bonds. The van der Waals surface area contributed by atoms with E-state index in [-0.39, 0.29) is 17.3 Å². The van der Waals surface area contributed by atoms with Crippen molar-refractivity contribution in [2.24, 2.45) is 11.1 Å². The summed E-state index contributed by atoms with van der Waals surface area (Å²) in [7, 11) is 2.93. The molecule has 0 fully saturated rings. The SMILES string of the molecule is COc1cc(OC)nc(NC(=O)[C@H](N)C(C)(C)C)n1. The maximum atomic E-state index is 12.0. The van der Waals surface area contributed by atoms with Crippen LogP contribution in [0.5, 0.6) is 11.8 Å². The first-order valence-corrected chi connectivity index (χ1v) is 5.81. The van der Waals surface area contributed by atoms with Gasteiger partial charge in [0.15, 0.2) is 0 Å². The lowest BCUT2D eigenvalue weighted by atomic mass is 9.87. The maximum Gasteiger partial charge on any atom is 0.244 e. The minimum atomic E-state index is -0.673. The van der Waals surface area contributed by atoms with Gasteiger partial charge in [0.1, 0.15) is 0 Å². The largest absolute Gasteiger partial charge is 0.481 e. The number of aromatic nitrogens is 2. The van der Waals surface area contributed by atoms with E-state index in [0.29, 0.717) is 11.8 Å². The van der Waals surface area contributed by atoms with Gasteiger partial charge in [0.25, 0.3) is 0 Å². The Labute approximate surface area is 112 Å². The van der Waals surface area contributed by atoms with E-state index in [1.54, 1.807) is 0 Å². The van der Waals surface area contributed by atoms with Crippen LogP contribution in [0.3, 0.4) is 0 Å². The number of nitrogens with two attached hydrogens (primary N) is 1. The third kappa shape index (κ3) is 4.06. The zero-order chi connectivity index (χ0) is 14.6. The van der Waals surface area contributed by atoms with Gasteiger partial charge < -0.3 is 15.2 Å². The molecule has 0 bridgehead atoms. The predicted molar refractivity (Wildman–Crippen MR) is 71.2 cm³/mol. The van der Waals surface area contributed by atoms with Gasteiger partial charge in [-0.1, -0.05) is 20.8 Å². The molecule has 0 aromatic carbocycles. The first kappa shape index (κ1) is 15.2. The highest BCUT2D eigenvalue weighted by atomic mass is 16.5. The molecule has 106 valence electrons. The summed E-state index contributed by atoms with van der Waals surface area (Å²) >= 11 is 0. The molecule has 1 atom stereocenters. The van der Waals surface area contributed by atoms with Gasteiger partial charge in [-0.2, -0.15) is 9.97 Å². The van der Waals surface area contributed by atoms with Crippen LogP contribution in [-0.2, 0) is 4.79 Å². The monoisotopic (exact) mass is 268 g/mol. The molecule has 0 saturated heterocycles. The van der Waals surface area contributed by atoms with Crippen LogP contribution >= 0.6 is 0 Å². The molecular weight excluding hydrogens is 248 g/mol. The minimum Gasteiger partial charge on any atom is -0.481 e. The van der Waals surface area contributed by atoms with Crippen molar-refractivity contribution >= 4 is 11.9 Å². The van der Waals surface area contributed by atoms with Crippen LogP contribution in [0.2, 0.25) is 0 Å². The van der Waals surface area contributed by atoms with E-state index in [1.165, 1.54) is 20.3 Å². The Morgan fingerprint density at radius 3 is 2.11 bits per heavy atom. The van der Waals surface area contributed by atoms with E-state index in [2.05, 4.69) is 15.3 Å². The number of rotatable bonds is 4. The first-order chi connectivity index (χ1) is 8.77. The molecule has 0 aliphatic rings. The second-order valence-corrected chi connectivity index (χ2v) is 5.11. The predicted octanol–water partition coefficient (Wildman–Crippen LogP) is 0.806. The Morgan fingerprint density at radius 1 is 1.26 bits per heavy atom. The topological polar surface area (TPSA) is 99.4 Å². The van der Waals surface area contributed by atoms with Crippen LogP contribution in [-0.4, -0.2) is 36.1 Å². The van der Waals surface area contributed by atoms with E-state index in [1.807, 2.05) is 20.8 Å². The number of ether oxygens (including phenoxy) is 2. The normalized spacial score (nSPS) is 12.7. The number of carbonyl (C=O) groups is 1. The van der Waals surface area contributed by atoms with Crippen LogP contribution < -0.4 is 20.5 Å². The summed E-state index contributed by atoms with van der Waals surface area (Å²) in [6.45, 7) is 5.64. The van der Waals surface area contributed by atoms with Gasteiger partial charge in [0.2, 0.25) is 23.6 Å². The van der Waals surface area contributed by atoms with Crippen molar-refractivity contribution in [3.05, 3.63) is 6.07 Å². The number of nitrogens with zero attached hydrogens (tertiary/aromatic N) is 2. The summed E-state index contributed by atoms with van der Waals surface area (Å²) in [4.78, 5) is 20.0. The van der Waals surface area contributed by atoms with Crippen molar-refractivity contribution in [2.45, 2.75) is 26.8 Å². The van der Waals surface area contributed by atoms with E-state index >= 15 is 0 Å².